The Bertz CT molecular complexity index is 736. The molecule has 3 aromatic rings. The highest BCUT2D eigenvalue weighted by atomic mass is 35.5. The predicted molar refractivity (Wildman–Crippen MR) is 86.0 cm³/mol. The molecular weight excluding hydrogens is 300 g/mol. The van der Waals surface area contributed by atoms with Crippen LogP contribution in [0.4, 0.5) is 0 Å². The van der Waals surface area contributed by atoms with Crippen LogP contribution < -0.4 is 4.74 Å². The molecule has 0 bridgehead atoms. The van der Waals surface area contributed by atoms with Crippen molar-refractivity contribution >= 4 is 11.6 Å². The number of benzene rings is 2. The zero-order valence-electron chi connectivity index (χ0n) is 12.1. The third-order valence-electron chi connectivity index (χ3n) is 3.10. The molecule has 0 N–H and O–H groups in total. The van der Waals surface area contributed by atoms with Crippen LogP contribution in [0.25, 0.3) is 22.8 Å². The molecule has 112 valence electrons. The highest BCUT2D eigenvalue weighted by molar-refractivity contribution is 6.30. The van der Waals surface area contributed by atoms with E-state index in [9.17, 15) is 0 Å². The van der Waals surface area contributed by atoms with Gasteiger partial charge in [-0.1, -0.05) is 23.7 Å². The van der Waals surface area contributed by atoms with Crippen LogP contribution in [0.2, 0.25) is 5.02 Å². The van der Waals surface area contributed by atoms with E-state index in [4.69, 9.17) is 20.9 Å². The van der Waals surface area contributed by atoms with Gasteiger partial charge in [0.1, 0.15) is 5.75 Å². The highest BCUT2D eigenvalue weighted by Gasteiger charge is 2.10. The molecule has 22 heavy (non-hydrogen) atoms. The number of rotatable bonds is 5. The minimum atomic E-state index is 0.479. The highest BCUT2D eigenvalue weighted by Crippen LogP contribution is 2.24. The Balaban J connectivity index is 1.79. The van der Waals surface area contributed by atoms with E-state index in [1.807, 2.05) is 36.4 Å². The van der Waals surface area contributed by atoms with Crippen molar-refractivity contribution in [1.29, 1.82) is 0 Å². The fourth-order valence-electron chi connectivity index (χ4n) is 1.97. The summed E-state index contributed by atoms with van der Waals surface area (Å²) in [4.78, 5) is 4.41. The largest absolute Gasteiger partial charge is 0.494 e. The molecule has 1 heterocycles. The molecule has 0 amide bonds. The smallest absolute Gasteiger partial charge is 0.258 e. The second-order valence-electron chi connectivity index (χ2n) is 4.80. The summed E-state index contributed by atoms with van der Waals surface area (Å²) in [6, 6.07) is 14.9. The molecule has 0 saturated carbocycles. The van der Waals surface area contributed by atoms with E-state index in [1.54, 1.807) is 12.1 Å². The summed E-state index contributed by atoms with van der Waals surface area (Å²) < 4.78 is 10.9. The monoisotopic (exact) mass is 314 g/mol. The third kappa shape index (κ3) is 3.28. The van der Waals surface area contributed by atoms with Crippen molar-refractivity contribution in [3.63, 3.8) is 0 Å². The minimum absolute atomic E-state index is 0.479. The zero-order chi connectivity index (χ0) is 15.4. The van der Waals surface area contributed by atoms with Crippen LogP contribution in [0.1, 0.15) is 13.3 Å². The summed E-state index contributed by atoms with van der Waals surface area (Å²) in [6.45, 7) is 2.78. The molecule has 0 unspecified atom stereocenters. The van der Waals surface area contributed by atoms with Gasteiger partial charge in [0, 0.05) is 16.1 Å². The Morgan fingerprint density at radius 1 is 1.00 bits per heavy atom. The Morgan fingerprint density at radius 2 is 1.68 bits per heavy atom. The van der Waals surface area contributed by atoms with Crippen LogP contribution >= 0.6 is 11.6 Å². The normalized spacial score (nSPS) is 10.6. The first-order valence-electron chi connectivity index (χ1n) is 7.09. The summed E-state index contributed by atoms with van der Waals surface area (Å²) >= 11 is 5.88. The first kappa shape index (κ1) is 14.6. The lowest BCUT2D eigenvalue weighted by Gasteiger charge is -2.03. The number of halogens is 1. The topological polar surface area (TPSA) is 48.2 Å². The van der Waals surface area contributed by atoms with Gasteiger partial charge in [-0.2, -0.15) is 4.98 Å². The van der Waals surface area contributed by atoms with Crippen molar-refractivity contribution in [2.24, 2.45) is 0 Å². The van der Waals surface area contributed by atoms with E-state index >= 15 is 0 Å². The minimum Gasteiger partial charge on any atom is -0.494 e. The Kier molecular flexibility index (Phi) is 4.39. The van der Waals surface area contributed by atoms with Crippen LogP contribution in [0.15, 0.2) is 53.1 Å². The SMILES string of the molecule is CCCOc1ccc(-c2nc(-c3ccc(Cl)cc3)no2)cc1. The van der Waals surface area contributed by atoms with Crippen molar-refractivity contribution < 1.29 is 9.26 Å². The summed E-state index contributed by atoms with van der Waals surface area (Å²) in [6.07, 6.45) is 0.982. The van der Waals surface area contributed by atoms with Crippen LogP contribution in [0.3, 0.4) is 0 Å². The first-order valence-corrected chi connectivity index (χ1v) is 7.47. The van der Waals surface area contributed by atoms with Gasteiger partial charge in [0.15, 0.2) is 0 Å². The Labute approximate surface area is 133 Å². The number of nitrogens with zero attached hydrogens (tertiary/aromatic N) is 2. The zero-order valence-corrected chi connectivity index (χ0v) is 12.9. The molecule has 0 fully saturated rings. The Hall–Kier alpha value is -2.33. The van der Waals surface area contributed by atoms with Gasteiger partial charge in [0.05, 0.1) is 6.61 Å². The van der Waals surface area contributed by atoms with Gasteiger partial charge in [-0.15, -0.1) is 0 Å². The van der Waals surface area contributed by atoms with E-state index in [1.165, 1.54) is 0 Å². The van der Waals surface area contributed by atoms with Gasteiger partial charge in [-0.25, -0.2) is 0 Å². The van der Waals surface area contributed by atoms with Crippen molar-refractivity contribution in [2.75, 3.05) is 6.61 Å². The molecule has 0 aliphatic heterocycles. The van der Waals surface area contributed by atoms with E-state index in [0.717, 1.165) is 23.3 Å². The molecule has 2 aromatic carbocycles. The maximum absolute atomic E-state index is 5.88. The van der Waals surface area contributed by atoms with Gasteiger partial charge < -0.3 is 9.26 Å². The molecule has 0 aliphatic carbocycles. The second kappa shape index (κ2) is 6.62. The number of hydrogen-bond acceptors (Lipinski definition) is 4. The molecule has 4 nitrogen and oxygen atoms in total. The summed E-state index contributed by atoms with van der Waals surface area (Å²) in [5.74, 6) is 1.85. The molecule has 0 atom stereocenters. The van der Waals surface area contributed by atoms with Crippen LogP contribution in [0, 0.1) is 0 Å². The first-order chi connectivity index (χ1) is 10.8. The molecule has 1 aromatic heterocycles. The molecule has 0 saturated heterocycles. The lowest BCUT2D eigenvalue weighted by molar-refractivity contribution is 0.317. The third-order valence-corrected chi connectivity index (χ3v) is 3.35. The predicted octanol–water partition coefficient (Wildman–Crippen LogP) is 4.85. The fourth-order valence-corrected chi connectivity index (χ4v) is 2.10. The molecule has 3 rings (SSSR count). The molecule has 0 aliphatic rings. The lowest BCUT2D eigenvalue weighted by Crippen LogP contribution is -1.94. The van der Waals surface area contributed by atoms with Gasteiger partial charge >= 0.3 is 0 Å². The maximum Gasteiger partial charge on any atom is 0.258 e. The standard InChI is InChI=1S/C17H15ClN2O2/c1-2-11-21-15-9-5-13(6-10-15)17-19-16(20-22-17)12-3-7-14(18)8-4-12/h3-10H,2,11H2,1H3. The van der Waals surface area contributed by atoms with E-state index in [0.29, 0.717) is 23.3 Å². The molecular formula is C17H15ClN2O2. The summed E-state index contributed by atoms with van der Waals surface area (Å²) in [5, 5.41) is 4.68. The van der Waals surface area contributed by atoms with Crippen LogP contribution in [0.5, 0.6) is 5.75 Å². The van der Waals surface area contributed by atoms with Gasteiger partial charge in [-0.05, 0) is 55.0 Å². The molecule has 5 heteroatoms. The number of hydrogen-bond donors (Lipinski definition) is 0. The van der Waals surface area contributed by atoms with Gasteiger partial charge in [0.25, 0.3) is 5.89 Å². The second-order valence-corrected chi connectivity index (χ2v) is 5.24. The van der Waals surface area contributed by atoms with Crippen LogP contribution in [-0.4, -0.2) is 16.7 Å². The van der Waals surface area contributed by atoms with E-state index < -0.39 is 0 Å². The quantitative estimate of drug-likeness (QED) is 0.675. The molecule has 0 spiro atoms. The van der Waals surface area contributed by atoms with Crippen molar-refractivity contribution in [2.45, 2.75) is 13.3 Å². The average Bonchev–Trinajstić information content (AvgIpc) is 3.04. The lowest BCUT2D eigenvalue weighted by atomic mass is 10.2. The number of ether oxygens (including phenoxy) is 1. The number of aromatic nitrogens is 2. The van der Waals surface area contributed by atoms with Crippen molar-refractivity contribution in [1.82, 2.24) is 10.1 Å². The molecule has 0 radical (unpaired) electrons. The van der Waals surface area contributed by atoms with E-state index in [-0.39, 0.29) is 0 Å². The van der Waals surface area contributed by atoms with Crippen LogP contribution in [-0.2, 0) is 0 Å². The van der Waals surface area contributed by atoms with Crippen molar-refractivity contribution in [3.05, 3.63) is 53.6 Å². The summed E-state index contributed by atoms with van der Waals surface area (Å²) in [5.41, 5.74) is 1.72. The van der Waals surface area contributed by atoms with Gasteiger partial charge in [0.2, 0.25) is 5.82 Å². The van der Waals surface area contributed by atoms with E-state index in [2.05, 4.69) is 17.1 Å². The van der Waals surface area contributed by atoms with Gasteiger partial charge in [-0.3, -0.25) is 0 Å². The maximum atomic E-state index is 5.88. The Morgan fingerprint density at radius 3 is 2.36 bits per heavy atom. The fraction of sp³-hybridized carbons (Fsp3) is 0.176. The average molecular weight is 315 g/mol. The van der Waals surface area contributed by atoms with Crippen molar-refractivity contribution in [3.8, 4) is 28.6 Å². The summed E-state index contributed by atoms with van der Waals surface area (Å²) in [7, 11) is 0.